The van der Waals surface area contributed by atoms with E-state index in [9.17, 15) is 22.5 Å². The molecule has 0 amide bonds. The number of carbonyl (C=O) groups excluding carboxylic acids is 1. The van der Waals surface area contributed by atoms with E-state index in [1.54, 1.807) is 6.92 Å². The third-order valence-corrected chi connectivity index (χ3v) is 7.24. The van der Waals surface area contributed by atoms with Crippen LogP contribution >= 0.6 is 0 Å². The molecule has 3 rings (SSSR count). The number of benzene rings is 1. The first kappa shape index (κ1) is 25.7. The number of hydrogen-bond acceptors (Lipinski definition) is 6. The second-order valence-corrected chi connectivity index (χ2v) is 11.2. The summed E-state index contributed by atoms with van der Waals surface area (Å²) in [6.45, 7) is 7.54. The van der Waals surface area contributed by atoms with E-state index >= 15 is 0 Å². The lowest BCUT2D eigenvalue weighted by atomic mass is 9.77. The highest BCUT2D eigenvalue weighted by Gasteiger charge is 2.38. The largest absolute Gasteiger partial charge is 0.591 e. The third kappa shape index (κ3) is 6.79. The van der Waals surface area contributed by atoms with Crippen LogP contribution < -0.4 is 9.47 Å². The fourth-order valence-electron chi connectivity index (χ4n) is 4.11. The van der Waals surface area contributed by atoms with Crippen molar-refractivity contribution in [1.29, 1.82) is 0 Å². The Morgan fingerprint density at radius 3 is 2.45 bits per heavy atom. The number of hydrogen-bond donors (Lipinski definition) is 0. The van der Waals surface area contributed by atoms with Crippen molar-refractivity contribution in [2.24, 2.45) is 16.2 Å². The average Bonchev–Trinajstić information content (AvgIpc) is 2.71. The predicted molar refractivity (Wildman–Crippen MR) is 119 cm³/mol. The minimum Gasteiger partial charge on any atom is -0.591 e. The maximum Gasteiger partial charge on any atom is 0.573 e. The molecule has 1 aliphatic carbocycles. The van der Waals surface area contributed by atoms with Gasteiger partial charge in [-0.05, 0) is 71.4 Å². The van der Waals surface area contributed by atoms with Gasteiger partial charge in [-0.2, -0.15) is 0 Å². The molecule has 0 unspecified atom stereocenters. The van der Waals surface area contributed by atoms with Crippen LogP contribution in [0.4, 0.5) is 13.2 Å². The quantitative estimate of drug-likeness (QED) is 0.411. The van der Waals surface area contributed by atoms with Crippen molar-refractivity contribution in [1.82, 2.24) is 0 Å². The lowest BCUT2D eigenvalue weighted by Crippen LogP contribution is -2.38. The summed E-state index contributed by atoms with van der Waals surface area (Å²) in [4.78, 5) is 12.1. The van der Waals surface area contributed by atoms with E-state index < -0.39 is 22.5 Å². The fraction of sp³-hybridized carbons (Fsp3) is 0.652. The Morgan fingerprint density at radius 2 is 1.88 bits per heavy atom. The molecule has 1 aliphatic heterocycles. The van der Waals surface area contributed by atoms with Gasteiger partial charge in [0.05, 0.1) is 12.5 Å². The number of alkyl halides is 3. The van der Waals surface area contributed by atoms with E-state index in [1.807, 2.05) is 20.8 Å². The Kier molecular flexibility index (Phi) is 7.88. The molecule has 2 aliphatic rings. The monoisotopic (exact) mass is 489 g/mol. The molecule has 0 bridgehead atoms. The fourth-order valence-corrected chi connectivity index (χ4v) is 4.76. The maximum absolute atomic E-state index is 12.7. The van der Waals surface area contributed by atoms with Crippen molar-refractivity contribution in [3.05, 3.63) is 23.8 Å². The van der Waals surface area contributed by atoms with Gasteiger partial charge in [0.25, 0.3) is 0 Å². The molecule has 0 N–H and O–H groups in total. The number of esters is 1. The molecule has 6 nitrogen and oxygen atoms in total. The molecule has 0 saturated heterocycles. The van der Waals surface area contributed by atoms with Gasteiger partial charge in [-0.25, -0.2) is 0 Å². The zero-order valence-corrected chi connectivity index (χ0v) is 20.1. The molecule has 1 saturated carbocycles. The highest BCUT2D eigenvalue weighted by molar-refractivity contribution is 7.91. The zero-order valence-electron chi connectivity index (χ0n) is 19.2. The SMILES string of the molecule is CCOC(=O)[C@H]1CC[C@H]([C@H]2C/C(=N\[S@@+]([O-])C(C)(C)C)c3ccc(OC(F)(F)F)cc3O2)CC1. The molecule has 1 aromatic rings. The molecule has 184 valence electrons. The van der Waals surface area contributed by atoms with Crippen LogP contribution in [0.1, 0.15) is 65.4 Å². The highest BCUT2D eigenvalue weighted by Crippen LogP contribution is 2.40. The van der Waals surface area contributed by atoms with Gasteiger partial charge in [-0.3, -0.25) is 4.79 Å². The van der Waals surface area contributed by atoms with Crippen LogP contribution in [0, 0.1) is 11.8 Å². The van der Waals surface area contributed by atoms with E-state index in [0.29, 0.717) is 37.1 Å². The third-order valence-electron chi connectivity index (χ3n) is 5.80. The summed E-state index contributed by atoms with van der Waals surface area (Å²) in [5.74, 6) is -0.410. The number of ether oxygens (including phenoxy) is 3. The van der Waals surface area contributed by atoms with Crippen LogP contribution in [0.15, 0.2) is 22.6 Å². The molecule has 0 radical (unpaired) electrons. The van der Waals surface area contributed by atoms with Crippen molar-refractivity contribution in [2.45, 2.75) is 77.0 Å². The van der Waals surface area contributed by atoms with Gasteiger partial charge in [0.2, 0.25) is 0 Å². The Morgan fingerprint density at radius 1 is 1.21 bits per heavy atom. The van der Waals surface area contributed by atoms with Gasteiger partial charge in [-0.15, -0.1) is 13.2 Å². The second kappa shape index (κ2) is 10.1. The summed E-state index contributed by atoms with van der Waals surface area (Å²) in [7, 11) is 0. The van der Waals surface area contributed by atoms with Crippen molar-refractivity contribution < 1.29 is 36.7 Å². The molecule has 1 fully saturated rings. The van der Waals surface area contributed by atoms with Gasteiger partial charge < -0.3 is 18.8 Å². The van der Waals surface area contributed by atoms with Crippen molar-refractivity contribution in [3.63, 3.8) is 0 Å². The minimum absolute atomic E-state index is 0.0873. The van der Waals surface area contributed by atoms with Crippen LogP contribution in [0.25, 0.3) is 0 Å². The Hall–Kier alpha value is -1.94. The van der Waals surface area contributed by atoms with Gasteiger partial charge in [-0.1, -0.05) is 4.40 Å². The average molecular weight is 490 g/mol. The molecular weight excluding hydrogens is 459 g/mol. The van der Waals surface area contributed by atoms with Crippen molar-refractivity contribution >= 4 is 23.0 Å². The summed E-state index contributed by atoms with van der Waals surface area (Å²) >= 11 is -1.54. The number of rotatable bonds is 5. The number of fused-ring (bicyclic) bond motifs is 1. The summed E-state index contributed by atoms with van der Waals surface area (Å²) in [5.41, 5.74) is 1.05. The lowest BCUT2D eigenvalue weighted by Gasteiger charge is -2.36. The first-order valence-corrected chi connectivity index (χ1v) is 12.2. The standard InChI is InChI=1S/C23H30F3NO5S/c1-5-30-21(28)15-8-6-14(7-9-15)19-13-18(27-33(29)22(2,3)4)17-11-10-16(12-20(17)31-19)32-23(24,25)26/h10-12,14-15,19H,5-9,13H2,1-4H3/b27-18+/t14-,15-,19-,33+/m1/s1. The van der Waals surface area contributed by atoms with E-state index in [-0.39, 0.29) is 35.4 Å². The van der Waals surface area contributed by atoms with E-state index in [1.165, 1.54) is 18.2 Å². The highest BCUT2D eigenvalue weighted by atomic mass is 32.2. The smallest absolute Gasteiger partial charge is 0.573 e. The molecule has 1 aromatic carbocycles. The van der Waals surface area contributed by atoms with E-state index in [2.05, 4.69) is 9.13 Å². The summed E-state index contributed by atoms with van der Waals surface area (Å²) in [6.07, 6.45) is -2.02. The normalized spacial score (nSPS) is 25.7. The van der Waals surface area contributed by atoms with Crippen LogP contribution in [-0.4, -0.2) is 40.1 Å². The lowest BCUT2D eigenvalue weighted by molar-refractivity contribution is -0.274. The number of nitrogens with zero attached hydrogens (tertiary/aromatic N) is 1. The first-order valence-electron chi connectivity index (χ1n) is 11.1. The second-order valence-electron chi connectivity index (χ2n) is 9.33. The molecule has 33 heavy (non-hydrogen) atoms. The van der Waals surface area contributed by atoms with Gasteiger partial charge in [0.1, 0.15) is 39.4 Å². The molecule has 1 heterocycles. The zero-order chi connectivity index (χ0) is 24.4. The Balaban J connectivity index is 1.84. The number of carbonyl (C=O) groups is 1. The summed E-state index contributed by atoms with van der Waals surface area (Å²) < 4.78 is 70.0. The maximum atomic E-state index is 12.7. The summed E-state index contributed by atoms with van der Waals surface area (Å²) in [5, 5.41) is 0. The van der Waals surface area contributed by atoms with Crippen LogP contribution in [0.5, 0.6) is 11.5 Å². The Labute approximate surface area is 195 Å². The molecular formula is C23H30F3NO5S. The first-order chi connectivity index (χ1) is 15.4. The van der Waals surface area contributed by atoms with Gasteiger partial charge >= 0.3 is 12.3 Å². The van der Waals surface area contributed by atoms with Crippen LogP contribution in [0.2, 0.25) is 0 Å². The van der Waals surface area contributed by atoms with Crippen LogP contribution in [-0.2, 0) is 20.9 Å². The topological polar surface area (TPSA) is 80.2 Å². The van der Waals surface area contributed by atoms with Crippen molar-refractivity contribution in [2.75, 3.05) is 6.61 Å². The predicted octanol–water partition coefficient (Wildman–Crippen LogP) is 5.36. The van der Waals surface area contributed by atoms with Crippen LogP contribution in [0.3, 0.4) is 0 Å². The van der Waals surface area contributed by atoms with Gasteiger partial charge in [0.15, 0.2) is 0 Å². The minimum atomic E-state index is -4.82. The Bertz CT molecular complexity index is 876. The molecule has 0 aromatic heterocycles. The van der Waals surface area contributed by atoms with E-state index in [0.717, 1.165) is 12.8 Å². The summed E-state index contributed by atoms with van der Waals surface area (Å²) in [6, 6.07) is 3.87. The number of halogens is 3. The molecule has 2 atom stereocenters. The van der Waals surface area contributed by atoms with Gasteiger partial charge in [0, 0.05) is 18.1 Å². The molecule has 0 spiro atoms. The van der Waals surface area contributed by atoms with E-state index in [4.69, 9.17) is 9.47 Å². The van der Waals surface area contributed by atoms with Crippen molar-refractivity contribution in [3.8, 4) is 11.5 Å². The molecule has 10 heteroatoms.